The van der Waals surface area contributed by atoms with Crippen LogP contribution in [0.2, 0.25) is 0 Å². The molecule has 0 fully saturated rings. The maximum Gasteiger partial charge on any atom is 0.0302 e. The Balaban J connectivity index is 0.00000121. The molecule has 0 saturated heterocycles. The van der Waals surface area contributed by atoms with Gasteiger partial charge in [-0.15, -0.1) is 12.4 Å². The van der Waals surface area contributed by atoms with Crippen LogP contribution in [0.25, 0.3) is 0 Å². The highest BCUT2D eigenvalue weighted by atomic mass is 35.5. The number of rotatable bonds is 3. The maximum atomic E-state index is 4.09. The highest BCUT2D eigenvalue weighted by Gasteiger charge is 2.01. The summed E-state index contributed by atoms with van der Waals surface area (Å²) in [6, 6.07) is 4.15. The van der Waals surface area contributed by atoms with Crippen molar-refractivity contribution in [2.45, 2.75) is 32.6 Å². The van der Waals surface area contributed by atoms with Crippen LogP contribution in [0.15, 0.2) is 24.5 Å². The SMILES string of the molecule is CCCC(C)c1cccnc1.Cl. The molecule has 1 rings (SSSR count). The summed E-state index contributed by atoms with van der Waals surface area (Å²) in [5.41, 5.74) is 1.36. The second kappa shape index (κ2) is 6.01. The standard InChI is InChI=1S/C10H15N.ClH/c1-3-5-9(2)10-6-4-7-11-8-10;/h4,6-9H,3,5H2,1-2H3;1H. The van der Waals surface area contributed by atoms with E-state index in [2.05, 4.69) is 24.9 Å². The number of halogens is 1. The third-order valence-corrected chi connectivity index (χ3v) is 1.98. The van der Waals surface area contributed by atoms with Gasteiger partial charge in [0.1, 0.15) is 0 Å². The van der Waals surface area contributed by atoms with E-state index in [1.54, 1.807) is 0 Å². The van der Waals surface area contributed by atoms with E-state index in [4.69, 9.17) is 0 Å². The van der Waals surface area contributed by atoms with Crippen molar-refractivity contribution in [3.05, 3.63) is 30.1 Å². The van der Waals surface area contributed by atoms with E-state index in [9.17, 15) is 0 Å². The second-order valence-electron chi connectivity index (χ2n) is 2.98. The molecule has 0 aliphatic heterocycles. The van der Waals surface area contributed by atoms with Crippen LogP contribution in [0.1, 0.15) is 38.2 Å². The van der Waals surface area contributed by atoms with Crippen molar-refractivity contribution in [3.63, 3.8) is 0 Å². The number of nitrogens with zero attached hydrogens (tertiary/aromatic N) is 1. The lowest BCUT2D eigenvalue weighted by atomic mass is 9.99. The Morgan fingerprint density at radius 3 is 2.75 bits per heavy atom. The van der Waals surface area contributed by atoms with Gasteiger partial charge in [-0.2, -0.15) is 0 Å². The maximum absolute atomic E-state index is 4.09. The summed E-state index contributed by atoms with van der Waals surface area (Å²) in [4.78, 5) is 4.09. The van der Waals surface area contributed by atoms with Gasteiger partial charge in [-0.1, -0.05) is 26.3 Å². The first-order chi connectivity index (χ1) is 5.34. The zero-order valence-electron chi connectivity index (χ0n) is 7.66. The summed E-state index contributed by atoms with van der Waals surface area (Å²) in [6.07, 6.45) is 6.28. The third-order valence-electron chi connectivity index (χ3n) is 1.98. The number of hydrogen-bond donors (Lipinski definition) is 0. The van der Waals surface area contributed by atoms with E-state index < -0.39 is 0 Å². The quantitative estimate of drug-likeness (QED) is 0.704. The molecular formula is C10H16ClN. The average Bonchev–Trinajstić information content (AvgIpc) is 2.07. The van der Waals surface area contributed by atoms with Crippen molar-refractivity contribution in [2.24, 2.45) is 0 Å². The van der Waals surface area contributed by atoms with Crippen molar-refractivity contribution in [3.8, 4) is 0 Å². The molecular weight excluding hydrogens is 170 g/mol. The lowest BCUT2D eigenvalue weighted by Crippen LogP contribution is -1.92. The van der Waals surface area contributed by atoms with Crippen LogP contribution in [-0.4, -0.2) is 4.98 Å². The van der Waals surface area contributed by atoms with Crippen LogP contribution in [0.5, 0.6) is 0 Å². The Hall–Kier alpha value is -0.560. The molecule has 0 amide bonds. The number of aromatic nitrogens is 1. The molecule has 1 aromatic heterocycles. The minimum absolute atomic E-state index is 0. The molecule has 0 aliphatic rings. The average molecular weight is 186 g/mol. The lowest BCUT2D eigenvalue weighted by Gasteiger charge is -2.08. The van der Waals surface area contributed by atoms with Gasteiger partial charge in [0.2, 0.25) is 0 Å². The molecule has 68 valence electrons. The van der Waals surface area contributed by atoms with Crippen molar-refractivity contribution in [1.82, 2.24) is 4.98 Å². The van der Waals surface area contributed by atoms with Gasteiger partial charge in [0.05, 0.1) is 0 Å². The van der Waals surface area contributed by atoms with Crippen molar-refractivity contribution in [1.29, 1.82) is 0 Å². The fraction of sp³-hybridized carbons (Fsp3) is 0.500. The molecule has 12 heavy (non-hydrogen) atoms. The molecule has 0 saturated carbocycles. The first kappa shape index (κ1) is 11.4. The van der Waals surface area contributed by atoms with Crippen LogP contribution in [0.4, 0.5) is 0 Å². The second-order valence-corrected chi connectivity index (χ2v) is 2.98. The van der Waals surface area contributed by atoms with Crippen LogP contribution < -0.4 is 0 Å². The summed E-state index contributed by atoms with van der Waals surface area (Å²) in [6.45, 7) is 4.47. The molecule has 1 unspecified atom stereocenters. The molecule has 2 heteroatoms. The highest BCUT2D eigenvalue weighted by Crippen LogP contribution is 2.18. The zero-order valence-corrected chi connectivity index (χ0v) is 8.47. The van der Waals surface area contributed by atoms with Gasteiger partial charge in [0, 0.05) is 12.4 Å². The fourth-order valence-electron chi connectivity index (χ4n) is 1.27. The normalized spacial score (nSPS) is 11.8. The smallest absolute Gasteiger partial charge is 0.0302 e. The number of hydrogen-bond acceptors (Lipinski definition) is 1. The molecule has 1 nitrogen and oxygen atoms in total. The molecule has 0 N–H and O–H groups in total. The fourth-order valence-corrected chi connectivity index (χ4v) is 1.27. The molecule has 0 bridgehead atoms. The Kier molecular flexibility index (Phi) is 5.73. The predicted molar refractivity (Wildman–Crippen MR) is 54.8 cm³/mol. The Labute approximate surface area is 80.6 Å². The van der Waals surface area contributed by atoms with E-state index >= 15 is 0 Å². The largest absolute Gasteiger partial charge is 0.264 e. The van der Waals surface area contributed by atoms with Gasteiger partial charge in [0.25, 0.3) is 0 Å². The summed E-state index contributed by atoms with van der Waals surface area (Å²) < 4.78 is 0. The van der Waals surface area contributed by atoms with Gasteiger partial charge >= 0.3 is 0 Å². The van der Waals surface area contributed by atoms with Gasteiger partial charge < -0.3 is 0 Å². The predicted octanol–water partition coefficient (Wildman–Crippen LogP) is 3.41. The molecule has 0 aliphatic carbocycles. The minimum Gasteiger partial charge on any atom is -0.264 e. The van der Waals surface area contributed by atoms with E-state index in [1.807, 2.05) is 18.5 Å². The van der Waals surface area contributed by atoms with E-state index in [1.165, 1.54) is 18.4 Å². The summed E-state index contributed by atoms with van der Waals surface area (Å²) >= 11 is 0. The third kappa shape index (κ3) is 3.22. The van der Waals surface area contributed by atoms with Crippen LogP contribution >= 0.6 is 12.4 Å². The van der Waals surface area contributed by atoms with Crippen molar-refractivity contribution >= 4 is 12.4 Å². The van der Waals surface area contributed by atoms with Crippen LogP contribution in [-0.2, 0) is 0 Å². The number of pyridine rings is 1. The summed E-state index contributed by atoms with van der Waals surface area (Å²) in [5, 5.41) is 0. The Morgan fingerprint density at radius 2 is 2.25 bits per heavy atom. The van der Waals surface area contributed by atoms with Gasteiger partial charge in [-0.05, 0) is 24.0 Å². The van der Waals surface area contributed by atoms with Gasteiger partial charge in [-0.25, -0.2) is 0 Å². The monoisotopic (exact) mass is 185 g/mol. The van der Waals surface area contributed by atoms with Gasteiger partial charge in [-0.3, -0.25) is 4.98 Å². The van der Waals surface area contributed by atoms with E-state index in [0.29, 0.717) is 5.92 Å². The van der Waals surface area contributed by atoms with E-state index in [-0.39, 0.29) is 12.4 Å². The summed E-state index contributed by atoms with van der Waals surface area (Å²) in [7, 11) is 0. The van der Waals surface area contributed by atoms with Gasteiger partial charge in [0.15, 0.2) is 0 Å². The molecule has 1 heterocycles. The molecule has 0 radical (unpaired) electrons. The molecule has 0 aromatic carbocycles. The van der Waals surface area contributed by atoms with Crippen LogP contribution in [0.3, 0.4) is 0 Å². The zero-order chi connectivity index (χ0) is 8.10. The highest BCUT2D eigenvalue weighted by molar-refractivity contribution is 5.85. The van der Waals surface area contributed by atoms with Crippen LogP contribution in [0, 0.1) is 0 Å². The van der Waals surface area contributed by atoms with E-state index in [0.717, 1.165) is 0 Å². The summed E-state index contributed by atoms with van der Waals surface area (Å²) in [5.74, 6) is 0.661. The molecule has 0 spiro atoms. The molecule has 1 atom stereocenters. The first-order valence-corrected chi connectivity index (χ1v) is 4.24. The molecule has 1 aromatic rings. The Morgan fingerprint density at radius 1 is 1.50 bits per heavy atom. The topological polar surface area (TPSA) is 12.9 Å². The van der Waals surface area contributed by atoms with Crippen molar-refractivity contribution < 1.29 is 0 Å². The van der Waals surface area contributed by atoms with Crippen molar-refractivity contribution in [2.75, 3.05) is 0 Å². The minimum atomic E-state index is 0. The first-order valence-electron chi connectivity index (χ1n) is 4.24. The lowest BCUT2D eigenvalue weighted by molar-refractivity contribution is 0.662. The Bertz CT molecular complexity index is 198.